The summed E-state index contributed by atoms with van der Waals surface area (Å²) in [5, 5.41) is 14.5. The second kappa shape index (κ2) is 9.38. The van der Waals surface area contributed by atoms with E-state index in [0.29, 0.717) is 35.2 Å². The SMILES string of the molecule is Nc1nonc1-c1nc2ccccc2n1CC(=O)Nc1cccc(-c2noc(Cc3ccccc3)n2)c1. The molecule has 0 bridgehead atoms. The zero-order valence-corrected chi connectivity index (χ0v) is 19.4. The summed E-state index contributed by atoms with van der Waals surface area (Å²) in [7, 11) is 0. The van der Waals surface area contributed by atoms with E-state index in [2.05, 4.69) is 30.8 Å². The first-order chi connectivity index (χ1) is 18.1. The first-order valence-corrected chi connectivity index (χ1v) is 11.4. The van der Waals surface area contributed by atoms with E-state index in [0.717, 1.165) is 16.6 Å². The molecule has 0 aliphatic carbocycles. The van der Waals surface area contributed by atoms with Gasteiger partial charge in [0.05, 0.1) is 17.5 Å². The molecular weight excluding hydrogens is 472 g/mol. The van der Waals surface area contributed by atoms with Gasteiger partial charge in [-0.05, 0) is 40.1 Å². The molecule has 3 aromatic heterocycles. The lowest BCUT2D eigenvalue weighted by molar-refractivity contribution is -0.116. The lowest BCUT2D eigenvalue weighted by Crippen LogP contribution is -2.19. The number of imidazole rings is 1. The Hall–Kier alpha value is -5.32. The van der Waals surface area contributed by atoms with Crippen LogP contribution in [0.1, 0.15) is 11.5 Å². The van der Waals surface area contributed by atoms with Crippen LogP contribution >= 0.6 is 0 Å². The molecule has 3 N–H and O–H groups in total. The quantitative estimate of drug-likeness (QED) is 0.337. The van der Waals surface area contributed by atoms with Gasteiger partial charge in [0.2, 0.25) is 17.6 Å². The largest absolute Gasteiger partial charge is 0.379 e. The summed E-state index contributed by atoms with van der Waals surface area (Å²) in [6, 6.07) is 24.6. The highest BCUT2D eigenvalue weighted by Crippen LogP contribution is 2.27. The van der Waals surface area contributed by atoms with Gasteiger partial charge in [-0.25, -0.2) is 9.61 Å². The first kappa shape index (κ1) is 22.2. The number of nitrogens with zero attached hydrogens (tertiary/aromatic N) is 6. The monoisotopic (exact) mass is 492 g/mol. The lowest BCUT2D eigenvalue weighted by atomic mass is 10.1. The van der Waals surface area contributed by atoms with E-state index >= 15 is 0 Å². The predicted octanol–water partition coefficient (Wildman–Crippen LogP) is 3.95. The number of carbonyl (C=O) groups is 1. The van der Waals surface area contributed by atoms with E-state index in [-0.39, 0.29) is 24.0 Å². The van der Waals surface area contributed by atoms with Crippen LogP contribution < -0.4 is 11.1 Å². The van der Waals surface area contributed by atoms with E-state index < -0.39 is 0 Å². The molecule has 3 heterocycles. The fourth-order valence-corrected chi connectivity index (χ4v) is 4.06. The van der Waals surface area contributed by atoms with Crippen LogP contribution in [0, 0.1) is 0 Å². The van der Waals surface area contributed by atoms with Gasteiger partial charge in [0.25, 0.3) is 0 Å². The van der Waals surface area contributed by atoms with Gasteiger partial charge >= 0.3 is 0 Å². The number of aromatic nitrogens is 6. The third kappa shape index (κ3) is 4.52. The number of fused-ring (bicyclic) bond motifs is 1. The number of rotatable bonds is 7. The van der Waals surface area contributed by atoms with Crippen molar-refractivity contribution in [2.24, 2.45) is 0 Å². The molecule has 6 aromatic rings. The molecule has 3 aromatic carbocycles. The van der Waals surface area contributed by atoms with E-state index in [1.807, 2.05) is 66.7 Å². The average molecular weight is 492 g/mol. The molecule has 0 fully saturated rings. The van der Waals surface area contributed by atoms with Crippen molar-refractivity contribution in [1.29, 1.82) is 0 Å². The Labute approximate surface area is 209 Å². The van der Waals surface area contributed by atoms with Crippen LogP contribution in [-0.2, 0) is 17.8 Å². The Morgan fingerprint density at radius 2 is 1.76 bits per heavy atom. The number of nitrogens with one attached hydrogen (secondary N) is 1. The summed E-state index contributed by atoms with van der Waals surface area (Å²) < 4.78 is 11.9. The number of para-hydroxylation sites is 2. The van der Waals surface area contributed by atoms with Crippen molar-refractivity contribution < 1.29 is 13.9 Å². The fourth-order valence-electron chi connectivity index (χ4n) is 4.06. The third-order valence-corrected chi connectivity index (χ3v) is 5.75. The summed E-state index contributed by atoms with van der Waals surface area (Å²) in [6.45, 7) is -0.0319. The van der Waals surface area contributed by atoms with Crippen molar-refractivity contribution in [3.05, 3.63) is 90.3 Å². The van der Waals surface area contributed by atoms with Gasteiger partial charge in [-0.3, -0.25) is 4.79 Å². The molecule has 0 saturated carbocycles. The van der Waals surface area contributed by atoms with Crippen LogP contribution in [0.25, 0.3) is 33.9 Å². The van der Waals surface area contributed by atoms with Crippen LogP contribution in [0.3, 0.4) is 0 Å². The van der Waals surface area contributed by atoms with Gasteiger partial charge in [0.15, 0.2) is 17.3 Å². The normalized spacial score (nSPS) is 11.1. The molecule has 11 nitrogen and oxygen atoms in total. The highest BCUT2D eigenvalue weighted by Gasteiger charge is 2.21. The number of carbonyl (C=O) groups excluding carboxylic acids is 1. The van der Waals surface area contributed by atoms with E-state index in [4.69, 9.17) is 14.9 Å². The summed E-state index contributed by atoms with van der Waals surface area (Å²) in [5.74, 6) is 1.17. The number of hydrogen-bond acceptors (Lipinski definition) is 9. The predicted molar refractivity (Wildman–Crippen MR) is 135 cm³/mol. The Morgan fingerprint density at radius 1 is 0.919 bits per heavy atom. The van der Waals surface area contributed by atoms with Gasteiger partial charge in [-0.1, -0.05) is 59.8 Å². The molecule has 182 valence electrons. The van der Waals surface area contributed by atoms with Gasteiger partial charge in [-0.15, -0.1) is 0 Å². The molecular formula is C26H20N8O3. The molecule has 0 aliphatic rings. The molecule has 0 radical (unpaired) electrons. The third-order valence-electron chi connectivity index (χ3n) is 5.75. The Balaban J connectivity index is 1.22. The Kier molecular flexibility index (Phi) is 5.62. The molecule has 6 rings (SSSR count). The van der Waals surface area contributed by atoms with Gasteiger partial charge in [0, 0.05) is 11.3 Å². The summed E-state index contributed by atoms with van der Waals surface area (Å²) in [5.41, 5.74) is 9.99. The molecule has 0 saturated heterocycles. The van der Waals surface area contributed by atoms with Crippen LogP contribution in [-0.4, -0.2) is 35.9 Å². The van der Waals surface area contributed by atoms with Crippen molar-refractivity contribution in [2.45, 2.75) is 13.0 Å². The van der Waals surface area contributed by atoms with Crippen molar-refractivity contribution in [1.82, 2.24) is 30.0 Å². The molecule has 0 spiro atoms. The van der Waals surface area contributed by atoms with Crippen LogP contribution in [0.2, 0.25) is 0 Å². The first-order valence-electron chi connectivity index (χ1n) is 11.4. The molecule has 0 unspecified atom stereocenters. The number of amides is 1. The lowest BCUT2D eigenvalue weighted by Gasteiger charge is -2.09. The zero-order valence-electron chi connectivity index (χ0n) is 19.4. The Bertz CT molecular complexity index is 1700. The van der Waals surface area contributed by atoms with Crippen LogP contribution in [0.5, 0.6) is 0 Å². The number of hydrogen-bond donors (Lipinski definition) is 2. The highest BCUT2D eigenvalue weighted by molar-refractivity contribution is 5.93. The van der Waals surface area contributed by atoms with Crippen LogP contribution in [0.4, 0.5) is 11.5 Å². The molecule has 0 aliphatic heterocycles. The van der Waals surface area contributed by atoms with Crippen molar-refractivity contribution >= 4 is 28.4 Å². The molecule has 1 amide bonds. The molecule has 37 heavy (non-hydrogen) atoms. The second-order valence-electron chi connectivity index (χ2n) is 8.31. The van der Waals surface area contributed by atoms with E-state index in [1.54, 1.807) is 16.7 Å². The maximum absolute atomic E-state index is 13.1. The van der Waals surface area contributed by atoms with E-state index in [1.165, 1.54) is 0 Å². The molecule has 11 heteroatoms. The van der Waals surface area contributed by atoms with Crippen molar-refractivity contribution in [3.8, 4) is 22.9 Å². The van der Waals surface area contributed by atoms with Gasteiger partial charge in [0.1, 0.15) is 6.54 Å². The minimum absolute atomic E-state index is 0.0319. The smallest absolute Gasteiger partial charge is 0.244 e. The zero-order chi connectivity index (χ0) is 25.2. The number of anilines is 2. The minimum atomic E-state index is -0.269. The van der Waals surface area contributed by atoms with Crippen LogP contribution in [0.15, 0.2) is 88.0 Å². The highest BCUT2D eigenvalue weighted by atomic mass is 16.6. The molecule has 0 atom stereocenters. The summed E-state index contributed by atoms with van der Waals surface area (Å²) >= 11 is 0. The maximum atomic E-state index is 13.1. The average Bonchev–Trinajstić information content (AvgIpc) is 3.64. The number of nitrogen functional groups attached to an aromatic ring is 1. The van der Waals surface area contributed by atoms with E-state index in [9.17, 15) is 4.79 Å². The van der Waals surface area contributed by atoms with Crippen molar-refractivity contribution in [3.63, 3.8) is 0 Å². The number of nitrogens with two attached hydrogens (primary N) is 1. The summed E-state index contributed by atoms with van der Waals surface area (Å²) in [6.07, 6.45) is 0.539. The Morgan fingerprint density at radius 3 is 2.59 bits per heavy atom. The standard InChI is InChI=1S/C26H20N8O3/c27-24-23(31-37-32-24)26-29-19-11-4-5-12-20(19)34(26)15-21(35)28-18-10-6-9-17(14-18)25-30-22(36-33-25)13-16-7-2-1-3-8-16/h1-12,14H,13,15H2,(H2,27,32)(H,28,35). The van der Waals surface area contributed by atoms with Gasteiger partial charge < -0.3 is 20.1 Å². The maximum Gasteiger partial charge on any atom is 0.244 e. The topological polar surface area (TPSA) is 151 Å². The fraction of sp³-hybridized carbons (Fsp3) is 0.0769. The summed E-state index contributed by atoms with van der Waals surface area (Å²) in [4.78, 5) is 22.2. The van der Waals surface area contributed by atoms with Gasteiger partial charge in [-0.2, -0.15) is 4.98 Å². The number of benzene rings is 3. The second-order valence-corrected chi connectivity index (χ2v) is 8.31. The van der Waals surface area contributed by atoms with Crippen molar-refractivity contribution in [2.75, 3.05) is 11.1 Å². The minimum Gasteiger partial charge on any atom is -0.379 e.